The van der Waals surface area contributed by atoms with Crippen molar-refractivity contribution < 1.29 is 8.42 Å². The van der Waals surface area contributed by atoms with Crippen molar-refractivity contribution >= 4 is 53.2 Å². The van der Waals surface area contributed by atoms with Crippen LogP contribution in [-0.2, 0) is 10.0 Å². The number of rotatable bonds is 2. The first-order chi connectivity index (χ1) is 7.50. The molecule has 3 nitrogen and oxygen atoms in total. The number of hydrogen-bond donors (Lipinski definition) is 0. The standard InChI is InChI=1S/C9H11Br2NO2S2/c10-7-2-1-5-12(6-7)16(13,14)9-4-3-8(11)15-9/h3-4,7H,1-2,5-6H2. The largest absolute Gasteiger partial charge is 0.252 e. The van der Waals surface area contributed by atoms with Crippen LogP contribution in [0.2, 0.25) is 0 Å². The quantitative estimate of drug-likeness (QED) is 0.730. The highest BCUT2D eigenvalue weighted by molar-refractivity contribution is 9.11. The molecule has 0 aliphatic carbocycles. The van der Waals surface area contributed by atoms with Gasteiger partial charge in [0.05, 0.1) is 3.79 Å². The predicted octanol–water partition coefficient (Wildman–Crippen LogP) is 3.06. The van der Waals surface area contributed by atoms with Crippen LogP contribution in [0.25, 0.3) is 0 Å². The molecule has 2 rings (SSSR count). The molecule has 1 fully saturated rings. The lowest BCUT2D eigenvalue weighted by molar-refractivity contribution is 0.357. The summed E-state index contributed by atoms with van der Waals surface area (Å²) in [6.07, 6.45) is 1.96. The van der Waals surface area contributed by atoms with Gasteiger partial charge >= 0.3 is 0 Å². The van der Waals surface area contributed by atoms with Crippen LogP contribution >= 0.6 is 43.2 Å². The topological polar surface area (TPSA) is 37.4 Å². The van der Waals surface area contributed by atoms with E-state index in [2.05, 4.69) is 31.9 Å². The van der Waals surface area contributed by atoms with Gasteiger partial charge in [0.15, 0.2) is 0 Å². The molecule has 1 atom stereocenters. The van der Waals surface area contributed by atoms with Crippen molar-refractivity contribution in [3.63, 3.8) is 0 Å². The molecular weight excluding hydrogens is 378 g/mol. The van der Waals surface area contributed by atoms with Crippen molar-refractivity contribution in [2.75, 3.05) is 13.1 Å². The Balaban J connectivity index is 2.25. The fraction of sp³-hybridized carbons (Fsp3) is 0.556. The number of hydrogen-bond acceptors (Lipinski definition) is 3. The van der Waals surface area contributed by atoms with Gasteiger partial charge in [-0.05, 0) is 40.9 Å². The Hall–Kier alpha value is 0.570. The van der Waals surface area contributed by atoms with Crippen molar-refractivity contribution in [1.82, 2.24) is 4.31 Å². The van der Waals surface area contributed by atoms with Crippen LogP contribution < -0.4 is 0 Å². The third kappa shape index (κ3) is 2.69. The van der Waals surface area contributed by atoms with Crippen molar-refractivity contribution in [2.24, 2.45) is 0 Å². The van der Waals surface area contributed by atoms with E-state index in [1.54, 1.807) is 16.4 Å². The van der Waals surface area contributed by atoms with Crippen molar-refractivity contribution in [3.05, 3.63) is 15.9 Å². The van der Waals surface area contributed by atoms with Gasteiger partial charge in [-0.25, -0.2) is 8.42 Å². The molecule has 0 bridgehead atoms. The summed E-state index contributed by atoms with van der Waals surface area (Å²) >= 11 is 8.03. The maximum atomic E-state index is 12.2. The molecule has 1 aromatic heterocycles. The molecule has 1 unspecified atom stereocenters. The molecule has 7 heteroatoms. The van der Waals surface area contributed by atoms with Crippen LogP contribution in [0.1, 0.15) is 12.8 Å². The van der Waals surface area contributed by atoms with Crippen molar-refractivity contribution in [3.8, 4) is 0 Å². The Morgan fingerprint density at radius 1 is 1.44 bits per heavy atom. The Labute approximate surface area is 116 Å². The maximum absolute atomic E-state index is 12.2. The van der Waals surface area contributed by atoms with E-state index in [4.69, 9.17) is 0 Å². The smallest absolute Gasteiger partial charge is 0.206 e. The van der Waals surface area contributed by atoms with Gasteiger partial charge in [-0.1, -0.05) is 15.9 Å². The lowest BCUT2D eigenvalue weighted by atomic mass is 10.2. The highest BCUT2D eigenvalue weighted by Gasteiger charge is 2.30. The summed E-state index contributed by atoms with van der Waals surface area (Å²) in [5.41, 5.74) is 0. The summed E-state index contributed by atoms with van der Waals surface area (Å²) in [7, 11) is -3.28. The van der Waals surface area contributed by atoms with E-state index in [-0.39, 0.29) is 4.83 Å². The molecule has 90 valence electrons. The number of thiophene rings is 1. The minimum atomic E-state index is -3.28. The molecule has 0 spiro atoms. The van der Waals surface area contributed by atoms with Gasteiger partial charge in [-0.2, -0.15) is 4.31 Å². The Morgan fingerprint density at radius 2 is 2.19 bits per heavy atom. The number of piperidine rings is 1. The number of halogens is 2. The summed E-state index contributed by atoms with van der Waals surface area (Å²) in [5, 5.41) is 0. The molecule has 0 amide bonds. The van der Waals surface area contributed by atoms with Gasteiger partial charge in [0.25, 0.3) is 10.0 Å². The number of alkyl halides is 1. The highest BCUT2D eigenvalue weighted by Crippen LogP contribution is 2.30. The fourth-order valence-electron chi connectivity index (χ4n) is 1.67. The van der Waals surface area contributed by atoms with E-state index in [1.165, 1.54) is 11.3 Å². The molecule has 0 N–H and O–H groups in total. The van der Waals surface area contributed by atoms with Crippen LogP contribution in [0.15, 0.2) is 20.1 Å². The van der Waals surface area contributed by atoms with Crippen molar-refractivity contribution in [2.45, 2.75) is 21.9 Å². The summed E-state index contributed by atoms with van der Waals surface area (Å²) in [4.78, 5) is 0.277. The van der Waals surface area contributed by atoms with E-state index in [0.29, 0.717) is 17.3 Å². The van der Waals surface area contributed by atoms with Gasteiger partial charge in [-0.3, -0.25) is 0 Å². The second-order valence-corrected chi connectivity index (χ2v) is 9.58. The zero-order chi connectivity index (χ0) is 11.8. The number of sulfonamides is 1. The minimum Gasteiger partial charge on any atom is -0.206 e. The Kier molecular flexibility index (Phi) is 4.11. The summed E-state index contributed by atoms with van der Waals surface area (Å²) in [5.74, 6) is 0. The Bertz CT molecular complexity index is 472. The van der Waals surface area contributed by atoms with Crippen LogP contribution in [0.3, 0.4) is 0 Å². The zero-order valence-corrected chi connectivity index (χ0v) is 13.2. The van der Waals surface area contributed by atoms with Gasteiger partial charge in [0.1, 0.15) is 4.21 Å². The molecular formula is C9H11Br2NO2S2. The van der Waals surface area contributed by atoms with Crippen LogP contribution in [-0.4, -0.2) is 30.6 Å². The molecule has 0 saturated carbocycles. The van der Waals surface area contributed by atoms with Crippen LogP contribution in [0, 0.1) is 0 Å². The minimum absolute atomic E-state index is 0.277. The van der Waals surface area contributed by atoms with Gasteiger partial charge < -0.3 is 0 Å². The van der Waals surface area contributed by atoms with E-state index in [1.807, 2.05) is 0 Å². The fourth-order valence-corrected chi connectivity index (χ4v) is 6.23. The molecule has 1 saturated heterocycles. The van der Waals surface area contributed by atoms with Crippen LogP contribution in [0.4, 0.5) is 0 Å². The molecule has 1 aliphatic heterocycles. The summed E-state index contributed by atoms with van der Waals surface area (Å²) in [6.45, 7) is 1.19. The molecule has 1 aromatic rings. The number of nitrogens with zero attached hydrogens (tertiary/aromatic N) is 1. The van der Waals surface area contributed by atoms with E-state index < -0.39 is 10.0 Å². The third-order valence-electron chi connectivity index (χ3n) is 2.47. The normalized spacial score (nSPS) is 23.5. The second-order valence-electron chi connectivity index (χ2n) is 3.66. The Morgan fingerprint density at radius 3 is 2.75 bits per heavy atom. The molecule has 0 radical (unpaired) electrons. The monoisotopic (exact) mass is 387 g/mol. The van der Waals surface area contributed by atoms with Gasteiger partial charge in [-0.15, -0.1) is 11.3 Å². The van der Waals surface area contributed by atoms with E-state index >= 15 is 0 Å². The lowest BCUT2D eigenvalue weighted by Crippen LogP contribution is -2.39. The molecule has 16 heavy (non-hydrogen) atoms. The lowest BCUT2D eigenvalue weighted by Gasteiger charge is -2.28. The zero-order valence-electron chi connectivity index (χ0n) is 8.40. The van der Waals surface area contributed by atoms with Gasteiger partial charge in [0.2, 0.25) is 0 Å². The first-order valence-corrected chi connectivity index (χ1v) is 8.86. The average Bonchev–Trinajstić information content (AvgIpc) is 2.65. The SMILES string of the molecule is O=S(=O)(c1ccc(Br)s1)N1CCCC(Br)C1. The summed E-state index contributed by atoms with van der Waals surface area (Å²) < 4.78 is 27.3. The first kappa shape index (κ1) is 13.0. The van der Waals surface area contributed by atoms with Crippen LogP contribution in [0.5, 0.6) is 0 Å². The highest BCUT2D eigenvalue weighted by atomic mass is 79.9. The first-order valence-electron chi connectivity index (χ1n) is 4.90. The molecule has 0 aromatic carbocycles. The molecule has 2 heterocycles. The van der Waals surface area contributed by atoms with Crippen molar-refractivity contribution in [1.29, 1.82) is 0 Å². The predicted molar refractivity (Wildman–Crippen MR) is 72.7 cm³/mol. The maximum Gasteiger partial charge on any atom is 0.252 e. The summed E-state index contributed by atoms with van der Waals surface area (Å²) in [6, 6.07) is 3.43. The second kappa shape index (κ2) is 5.06. The third-order valence-corrected chi connectivity index (χ3v) is 7.17. The van der Waals surface area contributed by atoms with E-state index in [9.17, 15) is 8.42 Å². The van der Waals surface area contributed by atoms with Gasteiger partial charge in [0, 0.05) is 17.9 Å². The average molecular weight is 389 g/mol. The van der Waals surface area contributed by atoms with E-state index in [0.717, 1.165) is 16.6 Å². The molecule has 1 aliphatic rings.